The van der Waals surface area contributed by atoms with E-state index in [0.29, 0.717) is 12.5 Å². The van der Waals surface area contributed by atoms with Crippen molar-refractivity contribution in [1.82, 2.24) is 9.97 Å². The predicted octanol–water partition coefficient (Wildman–Crippen LogP) is 6.87. The van der Waals surface area contributed by atoms with Crippen LogP contribution < -0.4 is 4.90 Å². The molecule has 1 heterocycles. The van der Waals surface area contributed by atoms with Crippen molar-refractivity contribution in [1.29, 1.82) is 0 Å². The molecule has 0 N–H and O–H groups in total. The van der Waals surface area contributed by atoms with Gasteiger partial charge in [0.2, 0.25) is 11.9 Å². The molecule has 0 bridgehead atoms. The number of nitrogens with zero attached hydrogens (tertiary/aromatic N) is 3. The van der Waals surface area contributed by atoms with E-state index < -0.39 is 5.41 Å². The molecule has 0 unspecified atom stereocenters. The lowest BCUT2D eigenvalue weighted by Crippen LogP contribution is -2.40. The van der Waals surface area contributed by atoms with Crippen molar-refractivity contribution in [3.8, 4) is 0 Å². The number of hydrogen-bond donors (Lipinski definition) is 0. The molecule has 2 aromatic rings. The fraction of sp³-hybridized carbons (Fsp3) is 0.500. The summed E-state index contributed by atoms with van der Waals surface area (Å²) in [6.07, 6.45) is 3.56. The molecule has 0 atom stereocenters. The molecule has 0 spiro atoms. The number of carbonyl (C=O) groups excluding carboxylic acids is 1. The number of amides is 1. The molecule has 156 valence electrons. The summed E-state index contributed by atoms with van der Waals surface area (Å²) in [5.41, 5.74) is 0.556. The summed E-state index contributed by atoms with van der Waals surface area (Å²) in [4.78, 5) is 24.0. The van der Waals surface area contributed by atoms with Crippen molar-refractivity contribution >= 4 is 35.2 Å². The minimum absolute atomic E-state index is 0.0216. The Morgan fingerprint density at radius 1 is 1.04 bits per heavy atom. The second-order valence-corrected chi connectivity index (χ2v) is 7.92. The van der Waals surface area contributed by atoms with Gasteiger partial charge in [0, 0.05) is 40.0 Å². The zero-order valence-corrected chi connectivity index (χ0v) is 20.0. The van der Waals surface area contributed by atoms with E-state index in [-0.39, 0.29) is 5.91 Å². The molecule has 1 amide bonds. The summed E-state index contributed by atoms with van der Waals surface area (Å²) in [6, 6.07) is 7.73. The molecule has 0 fully saturated rings. The molecule has 4 nitrogen and oxygen atoms in total. The second-order valence-electron chi connectivity index (χ2n) is 6.43. The first kappa shape index (κ1) is 26.4. The van der Waals surface area contributed by atoms with Gasteiger partial charge in [-0.1, -0.05) is 60.1 Å². The summed E-state index contributed by atoms with van der Waals surface area (Å²) < 4.78 is 0. The quantitative estimate of drug-likeness (QED) is 0.492. The molecule has 0 aliphatic heterocycles. The Morgan fingerprint density at radius 2 is 1.54 bits per heavy atom. The van der Waals surface area contributed by atoms with Crippen LogP contribution in [0.25, 0.3) is 0 Å². The van der Waals surface area contributed by atoms with Gasteiger partial charge in [0.05, 0.1) is 0 Å². The van der Waals surface area contributed by atoms with E-state index in [0.717, 1.165) is 21.2 Å². The van der Waals surface area contributed by atoms with Gasteiger partial charge in [0.1, 0.15) is 0 Å². The number of anilines is 1. The van der Waals surface area contributed by atoms with Crippen LogP contribution >= 0.6 is 23.4 Å². The van der Waals surface area contributed by atoms with Crippen LogP contribution in [-0.2, 0) is 10.5 Å². The number of thioether (sulfide) groups is 1. The maximum Gasteiger partial charge on any atom is 0.234 e. The van der Waals surface area contributed by atoms with E-state index in [4.69, 9.17) is 11.6 Å². The van der Waals surface area contributed by atoms with Gasteiger partial charge in [0.25, 0.3) is 0 Å². The van der Waals surface area contributed by atoms with E-state index in [1.807, 2.05) is 79.7 Å². The van der Waals surface area contributed by atoms with Crippen LogP contribution in [0.2, 0.25) is 5.02 Å². The highest BCUT2D eigenvalue weighted by molar-refractivity contribution is 7.98. The maximum atomic E-state index is 12.5. The first-order valence-electron chi connectivity index (χ1n) is 9.82. The number of carbonyl (C=O) groups is 1. The monoisotopic (exact) mass is 423 g/mol. The van der Waals surface area contributed by atoms with Gasteiger partial charge in [-0.05, 0) is 36.8 Å². The van der Waals surface area contributed by atoms with Crippen molar-refractivity contribution in [3.05, 3.63) is 47.2 Å². The van der Waals surface area contributed by atoms with E-state index in [9.17, 15) is 4.79 Å². The number of aromatic nitrogens is 2. The fourth-order valence-corrected chi connectivity index (χ4v) is 2.98. The number of hydrogen-bond acceptors (Lipinski definition) is 4. The standard InChI is InChI=1S/C18H22ClN3OS.2C2H6/c1-5-22(16(23)18(2,3)4)17-20-10-13(11-21-17)12-24-15-8-6-14(19)7-9-15;2*1-2/h6-11H,5,12H2,1-4H3;2*1-2H3. The smallest absolute Gasteiger partial charge is 0.234 e. The number of halogens is 1. The number of rotatable bonds is 5. The molecule has 0 saturated heterocycles. The van der Waals surface area contributed by atoms with Gasteiger partial charge >= 0.3 is 0 Å². The van der Waals surface area contributed by atoms with E-state index in [1.54, 1.807) is 29.1 Å². The SMILES string of the molecule is CC.CC.CCN(C(=O)C(C)(C)C)c1ncc(CSc2ccc(Cl)cc2)cn1. The summed E-state index contributed by atoms with van der Waals surface area (Å²) >= 11 is 7.58. The zero-order valence-electron chi connectivity index (χ0n) is 18.4. The van der Waals surface area contributed by atoms with E-state index >= 15 is 0 Å². The van der Waals surface area contributed by atoms with Gasteiger partial charge in [-0.2, -0.15) is 0 Å². The Morgan fingerprint density at radius 3 is 1.96 bits per heavy atom. The average Bonchev–Trinajstić information content (AvgIpc) is 2.71. The molecule has 1 aromatic carbocycles. The van der Waals surface area contributed by atoms with Gasteiger partial charge in [-0.25, -0.2) is 9.97 Å². The van der Waals surface area contributed by atoms with Crippen LogP contribution in [0.4, 0.5) is 5.95 Å². The summed E-state index contributed by atoms with van der Waals surface area (Å²) in [7, 11) is 0. The summed E-state index contributed by atoms with van der Waals surface area (Å²) in [6.45, 7) is 16.2. The molecule has 0 aliphatic carbocycles. The Labute approximate surface area is 180 Å². The largest absolute Gasteiger partial charge is 0.281 e. The lowest BCUT2D eigenvalue weighted by molar-refractivity contribution is -0.125. The topological polar surface area (TPSA) is 46.1 Å². The fourth-order valence-electron chi connectivity index (χ4n) is 2.04. The van der Waals surface area contributed by atoms with Crippen molar-refractivity contribution in [2.75, 3.05) is 11.4 Å². The lowest BCUT2D eigenvalue weighted by Gasteiger charge is -2.26. The molecule has 0 saturated carbocycles. The van der Waals surface area contributed by atoms with Crippen molar-refractivity contribution in [2.24, 2.45) is 5.41 Å². The average molecular weight is 424 g/mol. The molecular formula is C22H34ClN3OS. The van der Waals surface area contributed by atoms with Gasteiger partial charge < -0.3 is 0 Å². The molecule has 28 heavy (non-hydrogen) atoms. The van der Waals surface area contributed by atoms with E-state index in [1.165, 1.54) is 0 Å². The van der Waals surface area contributed by atoms with Crippen molar-refractivity contribution in [3.63, 3.8) is 0 Å². The van der Waals surface area contributed by atoms with Gasteiger partial charge in [0.15, 0.2) is 0 Å². The third-order valence-electron chi connectivity index (χ3n) is 3.36. The first-order valence-corrected chi connectivity index (χ1v) is 11.2. The van der Waals surface area contributed by atoms with Gasteiger partial charge in [-0.3, -0.25) is 9.69 Å². The molecule has 1 aromatic heterocycles. The first-order chi connectivity index (χ1) is 13.3. The molecular weight excluding hydrogens is 390 g/mol. The normalized spacial score (nSPS) is 10.2. The Balaban J connectivity index is 0.00000171. The van der Waals surface area contributed by atoms with Crippen LogP contribution in [0.3, 0.4) is 0 Å². The minimum atomic E-state index is -0.456. The third kappa shape index (κ3) is 8.61. The Bertz CT molecular complexity index is 682. The molecule has 6 heteroatoms. The highest BCUT2D eigenvalue weighted by Crippen LogP contribution is 2.25. The van der Waals surface area contributed by atoms with Crippen LogP contribution in [0, 0.1) is 5.41 Å². The zero-order chi connectivity index (χ0) is 21.7. The minimum Gasteiger partial charge on any atom is -0.281 e. The predicted molar refractivity (Wildman–Crippen MR) is 123 cm³/mol. The van der Waals surface area contributed by atoms with E-state index in [2.05, 4.69) is 9.97 Å². The van der Waals surface area contributed by atoms with Crippen molar-refractivity contribution in [2.45, 2.75) is 66.0 Å². The Kier molecular flexibility index (Phi) is 12.8. The number of benzene rings is 1. The highest BCUT2D eigenvalue weighted by Gasteiger charge is 2.28. The van der Waals surface area contributed by atoms with Gasteiger partial charge in [-0.15, -0.1) is 11.8 Å². The Hall–Kier alpha value is -1.59. The van der Waals surface area contributed by atoms with Crippen molar-refractivity contribution < 1.29 is 4.79 Å². The van der Waals surface area contributed by atoms with Crippen LogP contribution in [0.15, 0.2) is 41.6 Å². The maximum absolute atomic E-state index is 12.5. The third-order valence-corrected chi connectivity index (χ3v) is 4.69. The van der Waals surface area contributed by atoms with Crippen LogP contribution in [0.5, 0.6) is 0 Å². The van der Waals surface area contributed by atoms with Crippen LogP contribution in [0.1, 0.15) is 61.0 Å². The molecule has 0 aliphatic rings. The molecule has 0 radical (unpaired) electrons. The second kappa shape index (κ2) is 13.6. The summed E-state index contributed by atoms with van der Waals surface area (Å²) in [5.74, 6) is 1.24. The molecule has 2 rings (SSSR count). The highest BCUT2D eigenvalue weighted by atomic mass is 35.5. The lowest BCUT2D eigenvalue weighted by atomic mass is 9.95. The van der Waals surface area contributed by atoms with Crippen LogP contribution in [-0.4, -0.2) is 22.4 Å². The summed E-state index contributed by atoms with van der Waals surface area (Å²) in [5, 5.41) is 0.732.